The molecule has 1 aliphatic rings. The number of Topliss-reactive ketones (excluding diaryl/α,β-unsaturated/α-hetero) is 1. The zero-order valence-electron chi connectivity index (χ0n) is 14.3. The number of likely N-dealkylation sites (tertiary alicyclic amines) is 1. The van der Waals surface area contributed by atoms with Crippen LogP contribution in [0.2, 0.25) is 0 Å². The van der Waals surface area contributed by atoms with E-state index in [1.807, 2.05) is 18.2 Å². The van der Waals surface area contributed by atoms with Crippen LogP contribution in [0, 0.1) is 11.3 Å². The van der Waals surface area contributed by atoms with Crippen LogP contribution in [-0.4, -0.2) is 22.8 Å². The summed E-state index contributed by atoms with van der Waals surface area (Å²) in [6.07, 6.45) is 1.02. The molecular formula is C19H29NO. The molecule has 0 saturated carbocycles. The van der Waals surface area contributed by atoms with E-state index in [2.05, 4.69) is 58.6 Å². The van der Waals surface area contributed by atoms with Crippen molar-refractivity contribution in [1.82, 2.24) is 4.90 Å². The fraction of sp³-hybridized carbons (Fsp3) is 0.632. The van der Waals surface area contributed by atoms with Crippen molar-refractivity contribution in [2.75, 3.05) is 0 Å². The summed E-state index contributed by atoms with van der Waals surface area (Å²) in [4.78, 5) is 15.6. The molecule has 0 N–H and O–H groups in total. The van der Waals surface area contributed by atoms with E-state index in [-0.39, 0.29) is 17.4 Å². The van der Waals surface area contributed by atoms with Gasteiger partial charge in [0.25, 0.3) is 0 Å². The highest BCUT2D eigenvalue weighted by molar-refractivity contribution is 5.91. The molecule has 1 aliphatic heterocycles. The maximum absolute atomic E-state index is 13.2. The quantitative estimate of drug-likeness (QED) is 0.818. The minimum absolute atomic E-state index is 0.00836. The molecule has 1 heterocycles. The van der Waals surface area contributed by atoms with Crippen molar-refractivity contribution in [3.8, 4) is 0 Å². The molecule has 3 unspecified atom stereocenters. The molecule has 0 bridgehead atoms. The van der Waals surface area contributed by atoms with Crippen LogP contribution in [0.25, 0.3) is 0 Å². The molecule has 2 rings (SSSR count). The van der Waals surface area contributed by atoms with Gasteiger partial charge in [-0.1, -0.05) is 58.0 Å². The van der Waals surface area contributed by atoms with E-state index in [9.17, 15) is 4.79 Å². The van der Waals surface area contributed by atoms with Crippen molar-refractivity contribution >= 4 is 5.78 Å². The Morgan fingerprint density at radius 2 is 1.71 bits per heavy atom. The van der Waals surface area contributed by atoms with Crippen molar-refractivity contribution in [2.45, 2.75) is 66.1 Å². The van der Waals surface area contributed by atoms with Gasteiger partial charge in [-0.05, 0) is 31.2 Å². The third-order valence-corrected chi connectivity index (χ3v) is 4.70. The molecule has 1 aromatic carbocycles. The van der Waals surface area contributed by atoms with E-state index >= 15 is 0 Å². The first-order valence-electron chi connectivity index (χ1n) is 8.15. The number of carbonyl (C=O) groups excluding carboxylic acids is 1. The lowest BCUT2D eigenvalue weighted by Crippen LogP contribution is -2.41. The van der Waals surface area contributed by atoms with Crippen LogP contribution in [0.15, 0.2) is 30.3 Å². The Labute approximate surface area is 129 Å². The highest BCUT2D eigenvalue weighted by Gasteiger charge is 2.52. The van der Waals surface area contributed by atoms with Crippen LogP contribution < -0.4 is 0 Å². The largest absolute Gasteiger partial charge is 0.297 e. The molecule has 0 radical (unpaired) electrons. The highest BCUT2D eigenvalue weighted by atomic mass is 16.1. The third kappa shape index (κ3) is 2.91. The summed E-state index contributed by atoms with van der Waals surface area (Å²) in [6, 6.07) is 10.9. The van der Waals surface area contributed by atoms with Gasteiger partial charge in [0, 0.05) is 18.0 Å². The predicted octanol–water partition coefficient (Wildman–Crippen LogP) is 4.46. The number of benzene rings is 1. The van der Waals surface area contributed by atoms with Gasteiger partial charge < -0.3 is 0 Å². The van der Waals surface area contributed by atoms with Gasteiger partial charge in [-0.3, -0.25) is 9.69 Å². The summed E-state index contributed by atoms with van der Waals surface area (Å²) in [5.41, 5.74) is 1.15. The van der Waals surface area contributed by atoms with E-state index in [0.29, 0.717) is 17.9 Å². The van der Waals surface area contributed by atoms with Crippen LogP contribution in [0.5, 0.6) is 0 Å². The molecular weight excluding hydrogens is 258 g/mol. The molecule has 2 heteroatoms. The van der Waals surface area contributed by atoms with Gasteiger partial charge in [0.2, 0.25) is 0 Å². The second-order valence-corrected chi connectivity index (χ2v) is 7.58. The van der Waals surface area contributed by atoms with E-state index in [1.165, 1.54) is 0 Å². The Balaban J connectivity index is 2.50. The Hall–Kier alpha value is -1.15. The van der Waals surface area contributed by atoms with Crippen molar-refractivity contribution in [3.05, 3.63) is 35.9 Å². The standard InChI is InChI=1S/C19H29NO/c1-7-15-16(19(4,5)6)18(21)17(20(15)13(2)3)14-11-9-8-10-12-14/h8-13,15-17H,7H2,1-6H3. The topological polar surface area (TPSA) is 20.3 Å². The van der Waals surface area contributed by atoms with E-state index in [4.69, 9.17) is 0 Å². The number of ketones is 1. The molecule has 1 saturated heterocycles. The molecule has 3 atom stereocenters. The summed E-state index contributed by atoms with van der Waals surface area (Å²) in [5.74, 6) is 0.504. The zero-order valence-corrected chi connectivity index (χ0v) is 14.3. The van der Waals surface area contributed by atoms with Crippen LogP contribution in [0.1, 0.15) is 59.6 Å². The predicted molar refractivity (Wildman–Crippen MR) is 88.2 cm³/mol. The average Bonchev–Trinajstić information content (AvgIpc) is 2.72. The monoisotopic (exact) mass is 287 g/mol. The van der Waals surface area contributed by atoms with Gasteiger partial charge in [-0.2, -0.15) is 0 Å². The minimum atomic E-state index is -0.0830. The summed E-state index contributed by atoms with van der Waals surface area (Å²) >= 11 is 0. The van der Waals surface area contributed by atoms with Crippen molar-refractivity contribution in [1.29, 1.82) is 0 Å². The molecule has 0 spiro atoms. The van der Waals surface area contributed by atoms with Crippen LogP contribution >= 0.6 is 0 Å². The fourth-order valence-corrected chi connectivity index (χ4v) is 3.97. The van der Waals surface area contributed by atoms with Crippen LogP contribution in [0.4, 0.5) is 0 Å². The highest BCUT2D eigenvalue weighted by Crippen LogP contribution is 2.46. The molecule has 0 aromatic heterocycles. The first kappa shape index (κ1) is 16.2. The van der Waals surface area contributed by atoms with E-state index in [1.54, 1.807) is 0 Å². The molecule has 2 nitrogen and oxygen atoms in total. The SMILES string of the molecule is CCC1C(C(C)(C)C)C(=O)C(c2ccccc2)N1C(C)C. The number of carbonyl (C=O) groups is 1. The maximum atomic E-state index is 13.2. The van der Waals surface area contributed by atoms with Gasteiger partial charge in [0.15, 0.2) is 5.78 Å². The normalized spacial score (nSPS) is 27.6. The Kier molecular flexibility index (Phi) is 4.57. The lowest BCUT2D eigenvalue weighted by atomic mass is 9.74. The van der Waals surface area contributed by atoms with Crippen LogP contribution in [-0.2, 0) is 4.79 Å². The second kappa shape index (κ2) is 5.92. The first-order valence-corrected chi connectivity index (χ1v) is 8.15. The van der Waals surface area contributed by atoms with Crippen LogP contribution in [0.3, 0.4) is 0 Å². The Bertz CT molecular complexity index is 486. The Morgan fingerprint density at radius 3 is 2.14 bits per heavy atom. The number of nitrogens with zero attached hydrogens (tertiary/aromatic N) is 1. The van der Waals surface area contributed by atoms with Crippen molar-refractivity contribution in [3.63, 3.8) is 0 Å². The summed E-state index contributed by atoms with van der Waals surface area (Å²) in [7, 11) is 0. The maximum Gasteiger partial charge on any atom is 0.159 e. The summed E-state index contributed by atoms with van der Waals surface area (Å²) in [6.45, 7) is 13.2. The van der Waals surface area contributed by atoms with Gasteiger partial charge >= 0.3 is 0 Å². The molecule has 21 heavy (non-hydrogen) atoms. The van der Waals surface area contributed by atoms with Gasteiger partial charge in [-0.15, -0.1) is 0 Å². The molecule has 116 valence electrons. The third-order valence-electron chi connectivity index (χ3n) is 4.70. The molecule has 1 aromatic rings. The summed E-state index contributed by atoms with van der Waals surface area (Å²) < 4.78 is 0. The van der Waals surface area contributed by atoms with Crippen molar-refractivity contribution < 1.29 is 4.79 Å². The second-order valence-electron chi connectivity index (χ2n) is 7.58. The van der Waals surface area contributed by atoms with Gasteiger partial charge in [-0.25, -0.2) is 0 Å². The van der Waals surface area contributed by atoms with Gasteiger partial charge in [0.05, 0.1) is 6.04 Å². The fourth-order valence-electron chi connectivity index (χ4n) is 3.97. The first-order chi connectivity index (χ1) is 9.79. The van der Waals surface area contributed by atoms with E-state index < -0.39 is 0 Å². The molecule has 0 amide bonds. The lowest BCUT2D eigenvalue weighted by Gasteiger charge is -2.36. The Morgan fingerprint density at radius 1 is 1.14 bits per heavy atom. The summed E-state index contributed by atoms with van der Waals surface area (Å²) in [5, 5.41) is 0. The number of rotatable bonds is 3. The minimum Gasteiger partial charge on any atom is -0.297 e. The number of hydrogen-bond donors (Lipinski definition) is 0. The smallest absolute Gasteiger partial charge is 0.159 e. The van der Waals surface area contributed by atoms with Crippen molar-refractivity contribution in [2.24, 2.45) is 11.3 Å². The van der Waals surface area contributed by atoms with E-state index in [0.717, 1.165) is 12.0 Å². The molecule has 0 aliphatic carbocycles. The number of hydrogen-bond acceptors (Lipinski definition) is 2. The lowest BCUT2D eigenvalue weighted by molar-refractivity contribution is -0.125. The molecule has 1 fully saturated rings. The zero-order chi connectivity index (χ0) is 15.8. The average molecular weight is 287 g/mol. The van der Waals surface area contributed by atoms with Gasteiger partial charge in [0.1, 0.15) is 0 Å².